The van der Waals surface area contributed by atoms with Gasteiger partial charge in [0.2, 0.25) is 0 Å². The van der Waals surface area contributed by atoms with Crippen molar-refractivity contribution in [2.45, 2.75) is 32.2 Å². The molecule has 1 fully saturated rings. The lowest BCUT2D eigenvalue weighted by Gasteiger charge is -2.22. The number of carbonyl (C=O) groups excluding carboxylic acids is 1. The number of piperidine rings is 1. The molecule has 3 nitrogen and oxygen atoms in total. The predicted molar refractivity (Wildman–Crippen MR) is 73.0 cm³/mol. The highest BCUT2D eigenvalue weighted by molar-refractivity contribution is 6.11. The molecule has 1 atom stereocenters. The van der Waals surface area contributed by atoms with E-state index in [1.54, 1.807) is 6.07 Å². The topological polar surface area (TPSA) is 44.9 Å². The maximum absolute atomic E-state index is 13.2. The number of aromatic nitrogens is 1. The Morgan fingerprint density at radius 2 is 2.21 bits per heavy atom. The monoisotopic (exact) mass is 260 g/mol. The van der Waals surface area contributed by atoms with Crippen molar-refractivity contribution in [3.05, 3.63) is 35.3 Å². The number of fused-ring (bicyclic) bond motifs is 1. The average molecular weight is 260 g/mol. The fourth-order valence-electron chi connectivity index (χ4n) is 2.87. The molecular weight excluding hydrogens is 243 g/mol. The molecule has 0 spiro atoms. The molecule has 0 aliphatic carbocycles. The third-order valence-electron chi connectivity index (χ3n) is 3.82. The van der Waals surface area contributed by atoms with E-state index >= 15 is 0 Å². The van der Waals surface area contributed by atoms with Gasteiger partial charge in [0.1, 0.15) is 5.82 Å². The molecule has 1 aromatic carbocycles. The van der Waals surface area contributed by atoms with E-state index in [0.29, 0.717) is 11.1 Å². The van der Waals surface area contributed by atoms with Gasteiger partial charge in [0.25, 0.3) is 0 Å². The fourth-order valence-corrected chi connectivity index (χ4v) is 2.87. The van der Waals surface area contributed by atoms with Crippen molar-refractivity contribution in [2.24, 2.45) is 0 Å². The van der Waals surface area contributed by atoms with Crippen LogP contribution in [0.15, 0.2) is 18.2 Å². The summed E-state index contributed by atoms with van der Waals surface area (Å²) in [5.74, 6) is -0.168. The van der Waals surface area contributed by atoms with Crippen LogP contribution in [0.5, 0.6) is 0 Å². The number of aryl methyl sites for hydroxylation is 1. The van der Waals surface area contributed by atoms with Crippen LogP contribution in [0.1, 0.15) is 35.3 Å². The van der Waals surface area contributed by atoms with Crippen LogP contribution in [0.25, 0.3) is 10.9 Å². The Morgan fingerprint density at radius 3 is 2.95 bits per heavy atom. The summed E-state index contributed by atoms with van der Waals surface area (Å²) in [6, 6.07) is 4.43. The van der Waals surface area contributed by atoms with Crippen molar-refractivity contribution in [1.29, 1.82) is 0 Å². The summed E-state index contributed by atoms with van der Waals surface area (Å²) in [5.41, 5.74) is 2.21. The van der Waals surface area contributed by atoms with E-state index in [9.17, 15) is 9.18 Å². The summed E-state index contributed by atoms with van der Waals surface area (Å²) in [7, 11) is 0. The van der Waals surface area contributed by atoms with Gasteiger partial charge in [0, 0.05) is 22.2 Å². The summed E-state index contributed by atoms with van der Waals surface area (Å²) < 4.78 is 13.2. The van der Waals surface area contributed by atoms with Gasteiger partial charge in [-0.25, -0.2) is 4.39 Å². The first kappa shape index (κ1) is 12.4. The quantitative estimate of drug-likeness (QED) is 0.815. The molecule has 1 saturated heterocycles. The number of aromatic amines is 1. The molecule has 2 N–H and O–H groups in total. The van der Waals surface area contributed by atoms with Crippen LogP contribution in [-0.2, 0) is 0 Å². The van der Waals surface area contributed by atoms with Gasteiger partial charge in [0.15, 0.2) is 5.78 Å². The highest BCUT2D eigenvalue weighted by atomic mass is 19.1. The third-order valence-corrected chi connectivity index (χ3v) is 3.82. The van der Waals surface area contributed by atoms with E-state index in [1.807, 2.05) is 6.92 Å². The molecule has 1 aliphatic rings. The number of Topliss-reactive ketones (excluding diaryl/α,β-unsaturated/α-hetero) is 1. The largest absolute Gasteiger partial charge is 0.358 e. The van der Waals surface area contributed by atoms with Crippen LogP contribution < -0.4 is 5.32 Å². The van der Waals surface area contributed by atoms with Crippen LogP contribution in [0, 0.1) is 12.7 Å². The molecule has 3 rings (SSSR count). The third kappa shape index (κ3) is 2.16. The molecule has 100 valence electrons. The van der Waals surface area contributed by atoms with Crippen molar-refractivity contribution < 1.29 is 9.18 Å². The summed E-state index contributed by atoms with van der Waals surface area (Å²) in [4.78, 5) is 15.7. The molecular formula is C15H17FN2O. The van der Waals surface area contributed by atoms with Gasteiger partial charge in [-0.3, -0.25) is 4.79 Å². The minimum atomic E-state index is -0.288. The number of H-pyrrole nitrogens is 1. The van der Waals surface area contributed by atoms with Crippen LogP contribution in [0.4, 0.5) is 4.39 Å². The highest BCUT2D eigenvalue weighted by Gasteiger charge is 2.25. The van der Waals surface area contributed by atoms with Gasteiger partial charge in [0.05, 0.1) is 6.04 Å². The van der Waals surface area contributed by atoms with Crippen LogP contribution >= 0.6 is 0 Å². The molecule has 1 unspecified atom stereocenters. The fraction of sp³-hybridized carbons (Fsp3) is 0.400. The Morgan fingerprint density at radius 1 is 1.37 bits per heavy atom. The van der Waals surface area contributed by atoms with Gasteiger partial charge in [-0.15, -0.1) is 0 Å². The summed E-state index contributed by atoms with van der Waals surface area (Å²) >= 11 is 0. The molecule has 2 heterocycles. The Bertz CT molecular complexity index is 626. The standard InChI is InChI=1S/C15H17FN2O/c1-9-14(15(19)12-4-2-3-7-17-12)11-6-5-10(16)8-13(11)18-9/h5-6,8,12,17-18H,2-4,7H2,1H3. The first-order valence-electron chi connectivity index (χ1n) is 6.72. The van der Waals surface area contributed by atoms with E-state index in [-0.39, 0.29) is 17.6 Å². The summed E-state index contributed by atoms with van der Waals surface area (Å²) in [6.07, 6.45) is 3.09. The predicted octanol–water partition coefficient (Wildman–Crippen LogP) is 2.94. The van der Waals surface area contributed by atoms with E-state index in [0.717, 1.165) is 36.9 Å². The normalized spacial score (nSPS) is 19.8. The molecule has 0 saturated carbocycles. The number of hydrogen-bond donors (Lipinski definition) is 2. The zero-order valence-electron chi connectivity index (χ0n) is 10.9. The second kappa shape index (κ2) is 4.78. The molecule has 1 aliphatic heterocycles. The molecule has 4 heteroatoms. The van der Waals surface area contributed by atoms with E-state index in [4.69, 9.17) is 0 Å². The molecule has 0 amide bonds. The van der Waals surface area contributed by atoms with Crippen molar-refractivity contribution in [3.63, 3.8) is 0 Å². The van der Waals surface area contributed by atoms with Crippen LogP contribution in [0.2, 0.25) is 0 Å². The minimum absolute atomic E-state index is 0.100. The van der Waals surface area contributed by atoms with Crippen molar-refractivity contribution in [2.75, 3.05) is 6.54 Å². The SMILES string of the molecule is Cc1[nH]c2cc(F)ccc2c1C(=O)C1CCCCN1. The number of ketones is 1. The number of nitrogens with one attached hydrogen (secondary N) is 2. The van der Waals surface area contributed by atoms with Gasteiger partial charge in [-0.1, -0.05) is 6.42 Å². The first-order valence-corrected chi connectivity index (χ1v) is 6.72. The van der Waals surface area contributed by atoms with Crippen LogP contribution in [-0.4, -0.2) is 23.4 Å². The van der Waals surface area contributed by atoms with Gasteiger partial charge in [-0.2, -0.15) is 0 Å². The second-order valence-corrected chi connectivity index (χ2v) is 5.18. The lowest BCUT2D eigenvalue weighted by Crippen LogP contribution is -2.40. The summed E-state index contributed by atoms with van der Waals surface area (Å²) in [5, 5.41) is 4.09. The number of hydrogen-bond acceptors (Lipinski definition) is 2. The smallest absolute Gasteiger partial charge is 0.182 e. The molecule has 0 bridgehead atoms. The number of halogens is 1. The molecule has 0 radical (unpaired) electrons. The summed E-state index contributed by atoms with van der Waals surface area (Å²) in [6.45, 7) is 2.76. The van der Waals surface area contributed by atoms with Gasteiger partial charge in [-0.05, 0) is 44.5 Å². The van der Waals surface area contributed by atoms with Crippen LogP contribution in [0.3, 0.4) is 0 Å². The maximum atomic E-state index is 13.2. The molecule has 19 heavy (non-hydrogen) atoms. The Balaban J connectivity index is 2.03. The van der Waals surface area contributed by atoms with E-state index in [1.165, 1.54) is 12.1 Å². The van der Waals surface area contributed by atoms with Gasteiger partial charge >= 0.3 is 0 Å². The zero-order chi connectivity index (χ0) is 13.4. The first-order chi connectivity index (χ1) is 9.16. The van der Waals surface area contributed by atoms with Gasteiger partial charge < -0.3 is 10.3 Å². The molecule has 1 aromatic heterocycles. The zero-order valence-corrected chi connectivity index (χ0v) is 10.9. The number of carbonyl (C=O) groups is 1. The van der Waals surface area contributed by atoms with E-state index in [2.05, 4.69) is 10.3 Å². The minimum Gasteiger partial charge on any atom is -0.358 e. The average Bonchev–Trinajstić information content (AvgIpc) is 2.74. The number of rotatable bonds is 2. The maximum Gasteiger partial charge on any atom is 0.182 e. The Kier molecular flexibility index (Phi) is 3.11. The molecule has 2 aromatic rings. The Hall–Kier alpha value is -1.68. The van der Waals surface area contributed by atoms with Crippen molar-refractivity contribution in [3.8, 4) is 0 Å². The second-order valence-electron chi connectivity index (χ2n) is 5.18. The number of benzene rings is 1. The lowest BCUT2D eigenvalue weighted by atomic mass is 9.95. The highest BCUT2D eigenvalue weighted by Crippen LogP contribution is 2.25. The van der Waals surface area contributed by atoms with E-state index < -0.39 is 0 Å². The lowest BCUT2D eigenvalue weighted by molar-refractivity contribution is 0.0928. The van der Waals surface area contributed by atoms with Crippen molar-refractivity contribution >= 4 is 16.7 Å². The Labute approximate surface area is 111 Å². The van der Waals surface area contributed by atoms with Crippen molar-refractivity contribution in [1.82, 2.24) is 10.3 Å².